The summed E-state index contributed by atoms with van der Waals surface area (Å²) >= 11 is 1.84. The van der Waals surface area contributed by atoms with Crippen LogP contribution in [0.15, 0.2) is 29.3 Å². The predicted molar refractivity (Wildman–Crippen MR) is 65.7 cm³/mol. The molecule has 0 unspecified atom stereocenters. The summed E-state index contributed by atoms with van der Waals surface area (Å²) in [7, 11) is 0. The first-order chi connectivity index (χ1) is 7.86. The lowest BCUT2D eigenvalue weighted by Gasteiger charge is -2.17. The van der Waals surface area contributed by atoms with Crippen LogP contribution in [0, 0.1) is 11.3 Å². The molecule has 1 aromatic heterocycles. The first-order valence-electron chi connectivity index (χ1n) is 5.07. The van der Waals surface area contributed by atoms with Crippen molar-refractivity contribution in [2.75, 3.05) is 17.6 Å². The van der Waals surface area contributed by atoms with Crippen molar-refractivity contribution < 1.29 is 0 Å². The van der Waals surface area contributed by atoms with Crippen LogP contribution in [0.2, 0.25) is 0 Å². The van der Waals surface area contributed by atoms with E-state index in [9.17, 15) is 0 Å². The monoisotopic (exact) mass is 227 g/mol. The Morgan fingerprint density at radius 3 is 3.19 bits per heavy atom. The minimum Gasteiger partial charge on any atom is -0.383 e. The normalized spacial score (nSPS) is 13.9. The zero-order valence-electron chi connectivity index (χ0n) is 8.53. The van der Waals surface area contributed by atoms with E-state index in [0.717, 1.165) is 28.9 Å². The summed E-state index contributed by atoms with van der Waals surface area (Å²) in [6.07, 6.45) is 1.62. The van der Waals surface area contributed by atoms with Crippen molar-refractivity contribution >= 4 is 28.4 Å². The highest BCUT2D eigenvalue weighted by Crippen LogP contribution is 2.34. The molecule has 3 rings (SSSR count). The Kier molecular flexibility index (Phi) is 2.19. The smallest absolute Gasteiger partial charge is 0.101 e. The second-order valence-electron chi connectivity index (χ2n) is 3.65. The molecule has 2 heterocycles. The minimum atomic E-state index is 0.612. The number of hydrogen-bond donors (Lipinski definition) is 1. The van der Waals surface area contributed by atoms with Gasteiger partial charge in [0.15, 0.2) is 0 Å². The van der Waals surface area contributed by atoms with Crippen LogP contribution in [0.5, 0.6) is 0 Å². The molecule has 1 aliphatic heterocycles. The van der Waals surface area contributed by atoms with Crippen molar-refractivity contribution in [3.05, 3.63) is 30.0 Å². The van der Waals surface area contributed by atoms with E-state index in [0.29, 0.717) is 5.56 Å². The Hall–Kier alpha value is -1.73. The molecule has 1 aliphatic rings. The Balaban J connectivity index is 2.24. The molecule has 0 amide bonds. The molecule has 3 nitrogen and oxygen atoms in total. The third-order valence-electron chi connectivity index (χ3n) is 2.59. The zero-order valence-corrected chi connectivity index (χ0v) is 9.34. The van der Waals surface area contributed by atoms with E-state index >= 15 is 0 Å². The van der Waals surface area contributed by atoms with E-state index in [1.165, 1.54) is 4.90 Å². The van der Waals surface area contributed by atoms with Crippen LogP contribution in [-0.2, 0) is 0 Å². The fourth-order valence-corrected chi connectivity index (χ4v) is 2.74. The molecule has 78 valence electrons. The number of nitriles is 1. The molecule has 0 spiro atoms. The number of rotatable bonds is 0. The van der Waals surface area contributed by atoms with Crippen molar-refractivity contribution in [2.45, 2.75) is 4.90 Å². The Labute approximate surface area is 97.5 Å². The number of anilines is 1. The van der Waals surface area contributed by atoms with Gasteiger partial charge in [0.05, 0.1) is 16.8 Å². The topological polar surface area (TPSA) is 48.7 Å². The third-order valence-corrected chi connectivity index (χ3v) is 3.64. The van der Waals surface area contributed by atoms with Gasteiger partial charge in [0.25, 0.3) is 0 Å². The average molecular weight is 227 g/mol. The second-order valence-corrected chi connectivity index (χ2v) is 4.79. The molecular weight excluding hydrogens is 218 g/mol. The molecule has 0 bridgehead atoms. The SMILES string of the molecule is N#Cc1cnc2cc3c(cc2c1)SCCN3. The number of aromatic nitrogens is 1. The summed E-state index contributed by atoms with van der Waals surface area (Å²) in [6, 6.07) is 8.16. The maximum atomic E-state index is 8.83. The average Bonchev–Trinajstić information content (AvgIpc) is 2.35. The van der Waals surface area contributed by atoms with Crippen molar-refractivity contribution in [3.8, 4) is 6.07 Å². The van der Waals surface area contributed by atoms with Crippen LogP contribution in [-0.4, -0.2) is 17.3 Å². The van der Waals surface area contributed by atoms with Crippen molar-refractivity contribution in [1.82, 2.24) is 4.98 Å². The molecule has 4 heteroatoms. The number of nitrogens with zero attached hydrogens (tertiary/aromatic N) is 2. The predicted octanol–water partition coefficient (Wildman–Crippen LogP) is 2.62. The highest BCUT2D eigenvalue weighted by molar-refractivity contribution is 7.99. The van der Waals surface area contributed by atoms with E-state index in [2.05, 4.69) is 28.5 Å². The zero-order chi connectivity index (χ0) is 11.0. The van der Waals surface area contributed by atoms with Gasteiger partial charge in [0.2, 0.25) is 0 Å². The molecule has 2 aromatic rings. The van der Waals surface area contributed by atoms with Crippen LogP contribution in [0.4, 0.5) is 5.69 Å². The molecule has 0 aliphatic carbocycles. The van der Waals surface area contributed by atoms with Gasteiger partial charge in [-0.15, -0.1) is 11.8 Å². The number of pyridine rings is 1. The number of hydrogen-bond acceptors (Lipinski definition) is 4. The van der Waals surface area contributed by atoms with E-state index in [1.807, 2.05) is 17.8 Å². The summed E-state index contributed by atoms with van der Waals surface area (Å²) in [6.45, 7) is 0.999. The minimum absolute atomic E-state index is 0.612. The van der Waals surface area contributed by atoms with Crippen LogP contribution in [0.3, 0.4) is 0 Å². The highest BCUT2D eigenvalue weighted by atomic mass is 32.2. The van der Waals surface area contributed by atoms with Gasteiger partial charge in [-0.25, -0.2) is 0 Å². The highest BCUT2D eigenvalue weighted by Gasteiger charge is 2.10. The second kappa shape index (κ2) is 3.69. The lowest BCUT2D eigenvalue weighted by molar-refractivity contribution is 1.17. The summed E-state index contributed by atoms with van der Waals surface area (Å²) in [5.41, 5.74) is 2.70. The summed E-state index contributed by atoms with van der Waals surface area (Å²) in [4.78, 5) is 5.53. The van der Waals surface area contributed by atoms with E-state index in [1.54, 1.807) is 6.20 Å². The first-order valence-corrected chi connectivity index (χ1v) is 6.06. The van der Waals surface area contributed by atoms with Crippen LogP contribution >= 0.6 is 11.8 Å². The molecule has 1 aromatic carbocycles. The van der Waals surface area contributed by atoms with E-state index in [-0.39, 0.29) is 0 Å². The fraction of sp³-hybridized carbons (Fsp3) is 0.167. The van der Waals surface area contributed by atoms with Gasteiger partial charge in [-0.1, -0.05) is 0 Å². The molecule has 0 saturated heterocycles. The lowest BCUT2D eigenvalue weighted by atomic mass is 10.1. The Morgan fingerprint density at radius 2 is 2.31 bits per heavy atom. The Bertz CT molecular complexity index is 601. The quantitative estimate of drug-likeness (QED) is 0.751. The summed E-state index contributed by atoms with van der Waals surface area (Å²) in [5.74, 6) is 1.09. The van der Waals surface area contributed by atoms with Crippen LogP contribution < -0.4 is 5.32 Å². The summed E-state index contributed by atoms with van der Waals surface area (Å²) in [5, 5.41) is 13.2. The van der Waals surface area contributed by atoms with Crippen LogP contribution in [0.1, 0.15) is 5.56 Å². The van der Waals surface area contributed by atoms with Crippen molar-refractivity contribution in [1.29, 1.82) is 5.26 Å². The number of thioether (sulfide) groups is 1. The standard InChI is InChI=1S/C12H9N3S/c13-6-8-3-9-4-12-11(14-1-2-16-12)5-10(9)15-7-8/h3-5,7,14H,1-2H2. The van der Waals surface area contributed by atoms with Crippen molar-refractivity contribution in [2.24, 2.45) is 0 Å². The molecule has 0 atom stereocenters. The van der Waals surface area contributed by atoms with E-state index in [4.69, 9.17) is 5.26 Å². The lowest BCUT2D eigenvalue weighted by Crippen LogP contribution is -2.09. The van der Waals surface area contributed by atoms with Gasteiger partial charge in [-0.05, 0) is 18.2 Å². The van der Waals surface area contributed by atoms with Crippen molar-refractivity contribution in [3.63, 3.8) is 0 Å². The fourth-order valence-electron chi connectivity index (χ4n) is 1.82. The maximum Gasteiger partial charge on any atom is 0.101 e. The number of benzene rings is 1. The van der Waals surface area contributed by atoms with Gasteiger partial charge >= 0.3 is 0 Å². The molecule has 0 fully saturated rings. The van der Waals surface area contributed by atoms with Gasteiger partial charge in [-0.2, -0.15) is 5.26 Å². The van der Waals surface area contributed by atoms with Crippen LogP contribution in [0.25, 0.3) is 10.9 Å². The summed E-state index contributed by atoms with van der Waals surface area (Å²) < 4.78 is 0. The molecular formula is C12H9N3S. The van der Waals surface area contributed by atoms with Gasteiger partial charge in [0, 0.05) is 28.8 Å². The van der Waals surface area contributed by atoms with Gasteiger partial charge in [-0.3, -0.25) is 4.98 Å². The molecule has 16 heavy (non-hydrogen) atoms. The third kappa shape index (κ3) is 1.50. The molecule has 0 radical (unpaired) electrons. The maximum absolute atomic E-state index is 8.83. The Morgan fingerprint density at radius 1 is 1.38 bits per heavy atom. The molecule has 1 N–H and O–H groups in total. The van der Waals surface area contributed by atoms with E-state index < -0.39 is 0 Å². The van der Waals surface area contributed by atoms with Gasteiger partial charge in [0.1, 0.15) is 6.07 Å². The van der Waals surface area contributed by atoms with Gasteiger partial charge < -0.3 is 5.32 Å². The first kappa shape index (κ1) is 9.49. The number of nitrogens with one attached hydrogen (secondary N) is 1. The molecule has 0 saturated carbocycles. The largest absolute Gasteiger partial charge is 0.383 e. The number of fused-ring (bicyclic) bond motifs is 2.